The molecular weight excluding hydrogens is 296 g/mol. The first kappa shape index (κ1) is 16.6. The zero-order chi connectivity index (χ0) is 16.6. The Morgan fingerprint density at radius 3 is 2.21 bits per heavy atom. The van der Waals surface area contributed by atoms with Crippen LogP contribution < -0.4 is 10.2 Å². The van der Waals surface area contributed by atoms with Crippen LogP contribution in [0.3, 0.4) is 0 Å². The van der Waals surface area contributed by atoms with Crippen LogP contribution in [-0.2, 0) is 6.54 Å². The molecule has 0 saturated heterocycles. The molecule has 0 atom stereocenters. The molecule has 0 aliphatic heterocycles. The fraction of sp³-hybridized carbons (Fsp3) is 0.381. The van der Waals surface area contributed by atoms with Crippen molar-refractivity contribution < 1.29 is 4.79 Å². The van der Waals surface area contributed by atoms with Crippen molar-refractivity contribution in [2.75, 3.05) is 11.4 Å². The van der Waals surface area contributed by atoms with Crippen molar-refractivity contribution >= 4 is 11.7 Å². The molecular formula is C21H26N2O. The molecule has 0 radical (unpaired) electrons. The molecule has 1 saturated carbocycles. The van der Waals surface area contributed by atoms with Gasteiger partial charge in [0.1, 0.15) is 0 Å². The number of amides is 2. The van der Waals surface area contributed by atoms with E-state index in [0.717, 1.165) is 17.8 Å². The van der Waals surface area contributed by atoms with E-state index in [4.69, 9.17) is 0 Å². The van der Waals surface area contributed by atoms with Crippen LogP contribution in [0.25, 0.3) is 0 Å². The van der Waals surface area contributed by atoms with Gasteiger partial charge in [0.05, 0.1) is 6.54 Å². The molecule has 24 heavy (non-hydrogen) atoms. The number of nitrogens with one attached hydrogen (secondary N) is 1. The van der Waals surface area contributed by atoms with Crippen molar-refractivity contribution in [1.29, 1.82) is 0 Å². The van der Waals surface area contributed by atoms with Gasteiger partial charge in [0.25, 0.3) is 0 Å². The lowest BCUT2D eigenvalue weighted by molar-refractivity contribution is 0.241. The Bertz CT molecular complexity index is 621. The van der Waals surface area contributed by atoms with Crippen molar-refractivity contribution in [1.82, 2.24) is 5.32 Å². The summed E-state index contributed by atoms with van der Waals surface area (Å²) in [5.41, 5.74) is 2.07. The van der Waals surface area contributed by atoms with Gasteiger partial charge in [-0.1, -0.05) is 67.8 Å². The molecule has 0 spiro atoms. The third-order valence-electron chi connectivity index (χ3n) is 4.76. The van der Waals surface area contributed by atoms with Gasteiger partial charge in [0.15, 0.2) is 0 Å². The van der Waals surface area contributed by atoms with E-state index < -0.39 is 0 Å². The van der Waals surface area contributed by atoms with Crippen LogP contribution in [0.4, 0.5) is 10.5 Å². The van der Waals surface area contributed by atoms with Gasteiger partial charge in [-0.3, -0.25) is 4.90 Å². The maximum Gasteiger partial charge on any atom is 0.322 e. The van der Waals surface area contributed by atoms with Crippen molar-refractivity contribution in [3.05, 3.63) is 66.2 Å². The minimum atomic E-state index is -0.00405. The van der Waals surface area contributed by atoms with E-state index >= 15 is 0 Å². The summed E-state index contributed by atoms with van der Waals surface area (Å²) in [5.74, 6) is 0.636. The van der Waals surface area contributed by atoms with Crippen LogP contribution in [0.2, 0.25) is 0 Å². The molecule has 2 aromatic rings. The Hall–Kier alpha value is -2.29. The smallest absolute Gasteiger partial charge is 0.322 e. The SMILES string of the molecule is O=C(NCC1CCCCC1)N(Cc1ccccc1)c1ccccc1. The molecule has 0 heterocycles. The summed E-state index contributed by atoms with van der Waals surface area (Å²) in [7, 11) is 0. The predicted molar refractivity (Wildman–Crippen MR) is 99.0 cm³/mol. The largest absolute Gasteiger partial charge is 0.337 e. The second-order valence-corrected chi connectivity index (χ2v) is 6.60. The summed E-state index contributed by atoms with van der Waals surface area (Å²) in [4.78, 5) is 14.6. The monoisotopic (exact) mass is 322 g/mol. The molecule has 0 bridgehead atoms. The fourth-order valence-corrected chi connectivity index (χ4v) is 3.37. The summed E-state index contributed by atoms with van der Waals surface area (Å²) in [5, 5.41) is 3.16. The quantitative estimate of drug-likeness (QED) is 0.827. The van der Waals surface area contributed by atoms with Crippen LogP contribution in [0.15, 0.2) is 60.7 Å². The van der Waals surface area contributed by atoms with Crippen molar-refractivity contribution in [2.45, 2.75) is 38.6 Å². The molecule has 3 rings (SSSR count). The average molecular weight is 322 g/mol. The van der Waals surface area contributed by atoms with Gasteiger partial charge in [0.2, 0.25) is 0 Å². The number of carbonyl (C=O) groups excluding carboxylic acids is 1. The van der Waals surface area contributed by atoms with Crippen LogP contribution in [0.5, 0.6) is 0 Å². The Labute approximate surface area is 144 Å². The number of hydrogen-bond acceptors (Lipinski definition) is 1. The van der Waals surface area contributed by atoms with E-state index in [-0.39, 0.29) is 6.03 Å². The molecule has 1 fully saturated rings. The summed E-state index contributed by atoms with van der Waals surface area (Å²) in [6, 6.07) is 20.0. The molecule has 0 unspecified atom stereocenters. The number of hydrogen-bond donors (Lipinski definition) is 1. The normalized spacial score (nSPS) is 15.0. The van der Waals surface area contributed by atoms with E-state index in [9.17, 15) is 4.79 Å². The van der Waals surface area contributed by atoms with Crippen LogP contribution in [0, 0.1) is 5.92 Å². The molecule has 3 heteroatoms. The lowest BCUT2D eigenvalue weighted by Gasteiger charge is -2.26. The van der Waals surface area contributed by atoms with Crippen molar-refractivity contribution in [3.8, 4) is 0 Å². The Kier molecular flexibility index (Phi) is 5.89. The van der Waals surface area contributed by atoms with Crippen LogP contribution in [0.1, 0.15) is 37.7 Å². The number of nitrogens with zero attached hydrogens (tertiary/aromatic N) is 1. The van der Waals surface area contributed by atoms with Crippen molar-refractivity contribution in [2.24, 2.45) is 5.92 Å². The Morgan fingerprint density at radius 1 is 0.917 bits per heavy atom. The summed E-state index contributed by atoms with van der Waals surface area (Å²) in [6.45, 7) is 1.37. The van der Waals surface area contributed by atoms with E-state index in [1.165, 1.54) is 32.1 Å². The summed E-state index contributed by atoms with van der Waals surface area (Å²) in [6.07, 6.45) is 6.42. The zero-order valence-corrected chi connectivity index (χ0v) is 14.2. The highest BCUT2D eigenvalue weighted by Gasteiger charge is 2.19. The molecule has 1 N–H and O–H groups in total. The van der Waals surface area contributed by atoms with E-state index in [1.54, 1.807) is 0 Å². The highest BCUT2D eigenvalue weighted by Crippen LogP contribution is 2.23. The first-order chi connectivity index (χ1) is 11.8. The maximum atomic E-state index is 12.8. The average Bonchev–Trinajstić information content (AvgIpc) is 2.66. The van der Waals surface area contributed by atoms with Gasteiger partial charge >= 0.3 is 6.03 Å². The standard InChI is InChI=1S/C21H26N2O/c24-21(22-16-18-10-4-1-5-11-18)23(20-14-8-3-9-15-20)17-19-12-6-2-7-13-19/h2-3,6-9,12-15,18H,1,4-5,10-11,16-17H2,(H,22,24). The molecule has 2 amide bonds. The number of para-hydroxylation sites is 1. The highest BCUT2D eigenvalue weighted by atomic mass is 16.2. The summed E-state index contributed by atoms with van der Waals surface area (Å²) >= 11 is 0. The second-order valence-electron chi connectivity index (χ2n) is 6.60. The Morgan fingerprint density at radius 2 is 1.54 bits per heavy atom. The van der Waals surface area contributed by atoms with Crippen molar-refractivity contribution in [3.63, 3.8) is 0 Å². The zero-order valence-electron chi connectivity index (χ0n) is 14.2. The third kappa shape index (κ3) is 4.60. The molecule has 126 valence electrons. The lowest BCUT2D eigenvalue weighted by Crippen LogP contribution is -2.42. The maximum absolute atomic E-state index is 12.8. The van der Waals surface area contributed by atoms with Gasteiger partial charge in [0, 0.05) is 12.2 Å². The first-order valence-electron chi connectivity index (χ1n) is 8.97. The Balaban J connectivity index is 1.67. The molecule has 2 aromatic carbocycles. The van der Waals surface area contributed by atoms with E-state index in [0.29, 0.717) is 12.5 Å². The number of urea groups is 1. The van der Waals surface area contributed by atoms with Gasteiger partial charge in [-0.15, -0.1) is 0 Å². The van der Waals surface area contributed by atoms with Gasteiger partial charge in [-0.05, 0) is 36.5 Å². The number of carbonyl (C=O) groups is 1. The fourth-order valence-electron chi connectivity index (χ4n) is 3.37. The molecule has 1 aliphatic carbocycles. The van der Waals surface area contributed by atoms with Crippen LogP contribution in [-0.4, -0.2) is 12.6 Å². The summed E-state index contributed by atoms with van der Waals surface area (Å²) < 4.78 is 0. The predicted octanol–water partition coefficient (Wildman–Crippen LogP) is 4.98. The number of anilines is 1. The number of benzene rings is 2. The molecule has 1 aliphatic rings. The van der Waals surface area contributed by atoms with Crippen LogP contribution >= 0.6 is 0 Å². The van der Waals surface area contributed by atoms with Gasteiger partial charge < -0.3 is 5.32 Å². The molecule has 0 aromatic heterocycles. The second kappa shape index (κ2) is 8.53. The van der Waals surface area contributed by atoms with Gasteiger partial charge in [-0.2, -0.15) is 0 Å². The van der Waals surface area contributed by atoms with Gasteiger partial charge in [-0.25, -0.2) is 4.79 Å². The topological polar surface area (TPSA) is 32.3 Å². The third-order valence-corrected chi connectivity index (χ3v) is 4.76. The minimum Gasteiger partial charge on any atom is -0.337 e. The minimum absolute atomic E-state index is 0.00405. The molecule has 3 nitrogen and oxygen atoms in total. The van der Waals surface area contributed by atoms with E-state index in [2.05, 4.69) is 17.4 Å². The number of rotatable bonds is 5. The lowest BCUT2D eigenvalue weighted by atomic mass is 9.89. The highest BCUT2D eigenvalue weighted by molar-refractivity contribution is 5.91. The first-order valence-corrected chi connectivity index (χ1v) is 8.97. The van der Waals surface area contributed by atoms with E-state index in [1.807, 2.05) is 53.4 Å².